The van der Waals surface area contributed by atoms with E-state index >= 15 is 0 Å². The Balaban J connectivity index is 1.38. The molecule has 0 atom stereocenters. The van der Waals surface area contributed by atoms with Gasteiger partial charge in [0.25, 0.3) is 5.91 Å². The molecule has 1 aromatic heterocycles. The summed E-state index contributed by atoms with van der Waals surface area (Å²) in [6.45, 7) is 2.11. The van der Waals surface area contributed by atoms with Crippen molar-refractivity contribution in [3.8, 4) is 11.5 Å². The van der Waals surface area contributed by atoms with Crippen molar-refractivity contribution in [3.63, 3.8) is 0 Å². The van der Waals surface area contributed by atoms with Gasteiger partial charge in [-0.2, -0.15) is 0 Å². The molecule has 1 amide bonds. The molecule has 1 saturated carbocycles. The van der Waals surface area contributed by atoms with Crippen molar-refractivity contribution in [3.05, 3.63) is 71.6 Å². The Kier molecular flexibility index (Phi) is 5.69. The lowest BCUT2D eigenvalue weighted by Crippen LogP contribution is -2.35. The zero-order valence-electron chi connectivity index (χ0n) is 16.6. The van der Waals surface area contributed by atoms with Crippen LogP contribution in [-0.2, 0) is 10.0 Å². The summed E-state index contributed by atoms with van der Waals surface area (Å²) in [5.41, 5.74) is 2.07. The van der Waals surface area contributed by atoms with Gasteiger partial charge in [-0.3, -0.25) is 4.79 Å². The number of carbonyl (C=O) groups is 1. The van der Waals surface area contributed by atoms with E-state index in [0.717, 1.165) is 24.0 Å². The van der Waals surface area contributed by atoms with E-state index in [9.17, 15) is 13.2 Å². The Morgan fingerprint density at radius 2 is 1.77 bits per heavy atom. The molecule has 3 aromatic rings. The highest BCUT2D eigenvalue weighted by atomic mass is 32.2. The molecule has 8 heteroatoms. The third kappa shape index (κ3) is 4.60. The second-order valence-electron chi connectivity index (χ2n) is 7.34. The van der Waals surface area contributed by atoms with Crippen molar-refractivity contribution < 1.29 is 17.6 Å². The van der Waals surface area contributed by atoms with Crippen LogP contribution < -0.4 is 10.0 Å². The number of amides is 1. The summed E-state index contributed by atoms with van der Waals surface area (Å²) < 4.78 is 33.0. The fraction of sp³-hybridized carbons (Fsp3) is 0.273. The summed E-state index contributed by atoms with van der Waals surface area (Å²) in [7, 11) is -3.62. The summed E-state index contributed by atoms with van der Waals surface area (Å²) in [6, 6.07) is 16.0. The third-order valence-corrected chi connectivity index (χ3v) is 6.35. The molecule has 0 aliphatic heterocycles. The summed E-state index contributed by atoms with van der Waals surface area (Å²) in [5, 5.41) is 2.73. The van der Waals surface area contributed by atoms with Gasteiger partial charge in [0.15, 0.2) is 5.69 Å². The second-order valence-corrected chi connectivity index (χ2v) is 9.11. The van der Waals surface area contributed by atoms with Gasteiger partial charge in [0.1, 0.15) is 5.76 Å². The molecule has 0 bridgehead atoms. The lowest BCUT2D eigenvalue weighted by molar-refractivity contribution is 0.0948. The molecule has 1 aliphatic carbocycles. The zero-order chi connectivity index (χ0) is 21.1. The van der Waals surface area contributed by atoms with E-state index in [0.29, 0.717) is 11.7 Å². The summed E-state index contributed by atoms with van der Waals surface area (Å²) in [5.74, 6) is 0.877. The van der Waals surface area contributed by atoms with Gasteiger partial charge in [-0.15, -0.1) is 0 Å². The van der Waals surface area contributed by atoms with Gasteiger partial charge in [-0.1, -0.05) is 35.9 Å². The predicted octanol–water partition coefficient (Wildman–Crippen LogP) is 3.24. The van der Waals surface area contributed by atoms with E-state index in [4.69, 9.17) is 4.42 Å². The van der Waals surface area contributed by atoms with Crippen LogP contribution in [-0.4, -0.2) is 32.4 Å². The van der Waals surface area contributed by atoms with Crippen molar-refractivity contribution in [1.29, 1.82) is 0 Å². The van der Waals surface area contributed by atoms with Crippen molar-refractivity contribution in [2.75, 3.05) is 13.1 Å². The maximum atomic E-state index is 12.7. The van der Waals surface area contributed by atoms with Crippen LogP contribution in [0.25, 0.3) is 11.5 Å². The molecule has 2 N–H and O–H groups in total. The number of hydrogen-bond donors (Lipinski definition) is 2. The fourth-order valence-electron chi connectivity index (χ4n) is 3.07. The molecule has 1 heterocycles. The van der Waals surface area contributed by atoms with Gasteiger partial charge in [0.05, 0.1) is 4.90 Å². The Morgan fingerprint density at radius 3 is 2.43 bits per heavy atom. The van der Waals surface area contributed by atoms with Gasteiger partial charge >= 0.3 is 0 Å². The molecule has 1 fully saturated rings. The number of rotatable bonds is 8. The van der Waals surface area contributed by atoms with E-state index in [2.05, 4.69) is 15.0 Å². The molecule has 0 spiro atoms. The van der Waals surface area contributed by atoms with Crippen LogP contribution in [0, 0.1) is 6.92 Å². The van der Waals surface area contributed by atoms with Crippen LogP contribution in [0.4, 0.5) is 0 Å². The molecule has 156 valence electrons. The highest BCUT2D eigenvalue weighted by Gasteiger charge is 2.34. The first-order valence-corrected chi connectivity index (χ1v) is 11.3. The first-order valence-electron chi connectivity index (χ1n) is 9.85. The van der Waals surface area contributed by atoms with Crippen molar-refractivity contribution in [1.82, 2.24) is 15.0 Å². The number of nitrogens with zero attached hydrogens (tertiary/aromatic N) is 1. The normalized spacial score (nSPS) is 13.9. The summed E-state index contributed by atoms with van der Waals surface area (Å²) >= 11 is 0. The Morgan fingerprint density at radius 1 is 1.07 bits per heavy atom. The second kappa shape index (κ2) is 8.41. The minimum absolute atomic E-state index is 0.0735. The average molecular weight is 426 g/mol. The topological polar surface area (TPSA) is 101 Å². The monoisotopic (exact) mass is 425 g/mol. The smallest absolute Gasteiger partial charge is 0.273 e. The Labute approximate surface area is 175 Å². The van der Waals surface area contributed by atoms with Crippen molar-refractivity contribution in [2.24, 2.45) is 0 Å². The van der Waals surface area contributed by atoms with E-state index in [1.807, 2.05) is 37.3 Å². The summed E-state index contributed by atoms with van der Waals surface area (Å²) in [4.78, 5) is 17.3. The molecular formula is C22H23N3O4S. The Hall–Kier alpha value is -2.97. The zero-order valence-corrected chi connectivity index (χ0v) is 17.4. The molecule has 7 nitrogen and oxygen atoms in total. The molecule has 0 saturated heterocycles. The molecule has 30 heavy (non-hydrogen) atoms. The highest BCUT2D eigenvalue weighted by molar-refractivity contribution is 7.89. The number of nitrogens with one attached hydrogen (secondary N) is 2. The maximum absolute atomic E-state index is 12.7. The van der Waals surface area contributed by atoms with Crippen molar-refractivity contribution in [2.45, 2.75) is 30.6 Å². The van der Waals surface area contributed by atoms with Crippen LogP contribution in [0.5, 0.6) is 0 Å². The van der Waals surface area contributed by atoms with Crippen molar-refractivity contribution >= 4 is 15.9 Å². The number of benzene rings is 2. The van der Waals surface area contributed by atoms with Crippen LogP contribution in [0.3, 0.4) is 0 Å². The lowest BCUT2D eigenvalue weighted by Gasteiger charge is -2.08. The van der Waals surface area contributed by atoms with Crippen LogP contribution in [0.2, 0.25) is 0 Å². The number of carbonyl (C=O) groups excluding carboxylic acids is 1. The molecular weight excluding hydrogens is 402 g/mol. The predicted molar refractivity (Wildman–Crippen MR) is 113 cm³/mol. The van der Waals surface area contributed by atoms with Gasteiger partial charge in [0.2, 0.25) is 15.9 Å². The third-order valence-electron chi connectivity index (χ3n) is 4.87. The minimum atomic E-state index is -3.62. The standard InChI is InChI=1S/C22H23N3O4S/c1-15-7-11-18(12-8-15)30(27,28)24-14-13-23-21(26)19-20(16-9-10-16)29-22(25-19)17-5-3-2-4-6-17/h2-8,11-12,16,24H,9-10,13-14H2,1H3,(H,23,26). The fourth-order valence-corrected chi connectivity index (χ4v) is 4.10. The largest absolute Gasteiger partial charge is 0.440 e. The lowest BCUT2D eigenvalue weighted by atomic mass is 10.2. The molecule has 2 aromatic carbocycles. The van der Waals surface area contributed by atoms with E-state index in [1.165, 1.54) is 0 Å². The van der Waals surface area contributed by atoms with Gasteiger partial charge in [-0.05, 0) is 44.0 Å². The highest BCUT2D eigenvalue weighted by Crippen LogP contribution is 2.43. The first kappa shape index (κ1) is 20.3. The minimum Gasteiger partial charge on any atom is -0.440 e. The SMILES string of the molecule is Cc1ccc(S(=O)(=O)NCCNC(=O)c2nc(-c3ccccc3)oc2C2CC2)cc1. The molecule has 4 rings (SSSR count). The molecule has 0 radical (unpaired) electrons. The molecule has 1 aliphatic rings. The van der Waals surface area contributed by atoms with E-state index in [1.54, 1.807) is 24.3 Å². The van der Waals surface area contributed by atoms with Gasteiger partial charge in [0, 0.05) is 24.6 Å². The van der Waals surface area contributed by atoms with Crippen LogP contribution in [0.1, 0.15) is 40.6 Å². The average Bonchev–Trinajstić information content (AvgIpc) is 3.50. The Bertz CT molecular complexity index is 1130. The maximum Gasteiger partial charge on any atom is 0.273 e. The van der Waals surface area contributed by atoms with Crippen LogP contribution in [0.15, 0.2) is 63.9 Å². The quantitative estimate of drug-likeness (QED) is 0.540. The number of aryl methyl sites for hydroxylation is 1. The van der Waals surface area contributed by atoms with Gasteiger partial charge < -0.3 is 9.73 Å². The summed E-state index contributed by atoms with van der Waals surface area (Å²) in [6.07, 6.45) is 1.94. The number of sulfonamides is 1. The van der Waals surface area contributed by atoms with Gasteiger partial charge in [-0.25, -0.2) is 18.1 Å². The van der Waals surface area contributed by atoms with Crippen LogP contribution >= 0.6 is 0 Å². The number of aromatic nitrogens is 1. The number of oxazole rings is 1. The van der Waals surface area contributed by atoms with E-state index < -0.39 is 10.0 Å². The number of hydrogen-bond acceptors (Lipinski definition) is 5. The van der Waals surface area contributed by atoms with E-state index in [-0.39, 0.29) is 35.5 Å². The first-order chi connectivity index (χ1) is 14.4. The molecule has 0 unspecified atom stereocenters.